The number of amides is 2. The smallest absolute Gasteiger partial charge is 0.410 e. The summed E-state index contributed by atoms with van der Waals surface area (Å²) in [6.07, 6.45) is 0.0750. The van der Waals surface area contributed by atoms with Crippen LogP contribution in [0.15, 0.2) is 0 Å². The van der Waals surface area contributed by atoms with E-state index in [2.05, 4.69) is 5.32 Å². The van der Waals surface area contributed by atoms with Crippen molar-refractivity contribution in [3.05, 3.63) is 0 Å². The van der Waals surface area contributed by atoms with Crippen LogP contribution in [0.25, 0.3) is 0 Å². The van der Waals surface area contributed by atoms with Gasteiger partial charge in [0.25, 0.3) is 0 Å². The van der Waals surface area contributed by atoms with Crippen LogP contribution < -0.4 is 5.32 Å². The minimum atomic E-state index is -0.513. The molecule has 3 aliphatic heterocycles. The van der Waals surface area contributed by atoms with E-state index >= 15 is 0 Å². The van der Waals surface area contributed by atoms with E-state index in [0.29, 0.717) is 58.3 Å². The summed E-state index contributed by atoms with van der Waals surface area (Å²) < 4.78 is 20.2. The third-order valence-corrected chi connectivity index (χ3v) is 6.27. The molecule has 0 spiro atoms. The van der Waals surface area contributed by atoms with Crippen LogP contribution in [0.5, 0.6) is 0 Å². The number of carbonyl (C=O) groups excluding carboxylic acids is 2. The maximum Gasteiger partial charge on any atom is 0.410 e. The van der Waals surface area contributed by atoms with Crippen LogP contribution >= 0.6 is 0 Å². The van der Waals surface area contributed by atoms with E-state index in [-0.39, 0.29) is 37.5 Å². The summed E-state index contributed by atoms with van der Waals surface area (Å²) >= 11 is 0. The zero-order valence-corrected chi connectivity index (χ0v) is 26.4. The van der Waals surface area contributed by atoms with Crippen LogP contribution in [0.3, 0.4) is 0 Å². The number of methoxy groups -OCH3 is 1. The Morgan fingerprint density at radius 3 is 1.93 bits per heavy atom. The number of epoxide rings is 1. The van der Waals surface area contributed by atoms with Gasteiger partial charge in [-0.05, 0) is 48.0 Å². The van der Waals surface area contributed by atoms with E-state index in [1.54, 1.807) is 16.9 Å². The number of carbonyl (C=O) groups is 2. The minimum Gasteiger partial charge on any atom is -0.444 e. The normalized spacial score (nSPS) is 23.8. The molecular formula is C28H56N4O9. The van der Waals surface area contributed by atoms with E-state index in [0.717, 1.165) is 13.2 Å². The molecule has 3 fully saturated rings. The predicted molar refractivity (Wildman–Crippen MR) is 155 cm³/mol. The molecule has 3 rings (SSSR count). The number of hydrogen-bond donors (Lipinski definition) is 4. The first kappa shape index (κ1) is 37.3. The highest BCUT2D eigenvalue weighted by molar-refractivity contribution is 5.68. The van der Waals surface area contributed by atoms with Crippen molar-refractivity contribution in [3.63, 3.8) is 0 Å². The molecule has 3 heterocycles. The summed E-state index contributed by atoms with van der Waals surface area (Å²) in [7, 11) is 1.68. The van der Waals surface area contributed by atoms with Gasteiger partial charge in [0.1, 0.15) is 17.3 Å². The van der Waals surface area contributed by atoms with E-state index in [9.17, 15) is 19.8 Å². The summed E-state index contributed by atoms with van der Waals surface area (Å²) in [4.78, 5) is 29.0. The van der Waals surface area contributed by atoms with Gasteiger partial charge < -0.3 is 49.4 Å². The van der Waals surface area contributed by atoms with E-state index < -0.39 is 17.3 Å². The zero-order valence-electron chi connectivity index (χ0n) is 26.4. The molecule has 4 N–H and O–H groups in total. The van der Waals surface area contributed by atoms with Gasteiger partial charge in [-0.25, -0.2) is 9.59 Å². The van der Waals surface area contributed by atoms with Crippen LogP contribution in [0.4, 0.5) is 9.59 Å². The highest BCUT2D eigenvalue weighted by Gasteiger charge is 2.32. The first-order valence-corrected chi connectivity index (χ1v) is 14.6. The van der Waals surface area contributed by atoms with Crippen molar-refractivity contribution in [2.45, 2.75) is 90.4 Å². The third kappa shape index (κ3) is 16.5. The van der Waals surface area contributed by atoms with Crippen molar-refractivity contribution in [1.29, 1.82) is 0 Å². The molecule has 0 radical (unpaired) electrons. The van der Waals surface area contributed by atoms with E-state index in [1.807, 2.05) is 53.4 Å². The Hall–Kier alpha value is -1.74. The molecule has 0 aromatic heterocycles. The van der Waals surface area contributed by atoms with Crippen LogP contribution in [-0.2, 0) is 18.9 Å². The Kier molecular flexibility index (Phi) is 16.4. The van der Waals surface area contributed by atoms with Gasteiger partial charge in [-0.3, -0.25) is 4.90 Å². The Morgan fingerprint density at radius 1 is 0.951 bits per heavy atom. The molecule has 13 heteroatoms. The number of nitrogens with one attached hydrogen (secondary N) is 1. The van der Waals surface area contributed by atoms with Crippen molar-refractivity contribution < 1.29 is 43.9 Å². The Morgan fingerprint density at radius 2 is 1.51 bits per heavy atom. The monoisotopic (exact) mass is 592 g/mol. The molecule has 4 atom stereocenters. The predicted octanol–water partition coefficient (Wildman–Crippen LogP) is 0.890. The average molecular weight is 593 g/mol. The molecular weight excluding hydrogens is 536 g/mol. The first-order valence-electron chi connectivity index (χ1n) is 14.6. The van der Waals surface area contributed by atoms with Gasteiger partial charge in [0.2, 0.25) is 0 Å². The molecule has 0 aromatic carbocycles. The van der Waals surface area contributed by atoms with Crippen molar-refractivity contribution >= 4 is 12.2 Å². The molecule has 0 aromatic rings. The quantitative estimate of drug-likeness (QED) is 0.311. The molecule has 41 heavy (non-hydrogen) atoms. The second-order valence-corrected chi connectivity index (χ2v) is 12.5. The summed E-state index contributed by atoms with van der Waals surface area (Å²) in [5, 5.41) is 31.3. The van der Waals surface area contributed by atoms with Crippen LogP contribution in [0.2, 0.25) is 0 Å². The van der Waals surface area contributed by atoms with Gasteiger partial charge in [0.05, 0.1) is 38.6 Å². The number of β-amino-alcohol motifs (C(OH)–C–C–N with tert-alkyl or cyclic N) is 1. The molecule has 3 aliphatic rings. The first-order chi connectivity index (χ1) is 19.1. The molecule has 3 saturated heterocycles. The lowest BCUT2D eigenvalue weighted by atomic mass is 10.1. The molecule has 0 aliphatic carbocycles. The van der Waals surface area contributed by atoms with Gasteiger partial charge in [-0.2, -0.15) is 0 Å². The Bertz CT molecular complexity index is 756. The Labute approximate surface area is 246 Å². The van der Waals surface area contributed by atoms with Crippen LogP contribution in [-0.4, -0.2) is 157 Å². The largest absolute Gasteiger partial charge is 0.444 e. The minimum absolute atomic E-state index is 0.0320. The molecule has 13 nitrogen and oxygen atoms in total. The van der Waals surface area contributed by atoms with Gasteiger partial charge in [0, 0.05) is 59.0 Å². The van der Waals surface area contributed by atoms with Crippen molar-refractivity contribution in [3.8, 4) is 0 Å². The molecule has 242 valence electrons. The van der Waals surface area contributed by atoms with Crippen molar-refractivity contribution in [2.24, 2.45) is 0 Å². The van der Waals surface area contributed by atoms with Gasteiger partial charge in [0.15, 0.2) is 0 Å². The summed E-state index contributed by atoms with van der Waals surface area (Å²) in [6.45, 7) is 18.6. The zero-order chi connectivity index (χ0) is 31.2. The lowest BCUT2D eigenvalue weighted by Gasteiger charge is -2.41. The molecule has 2 amide bonds. The van der Waals surface area contributed by atoms with Crippen LogP contribution in [0, 0.1) is 0 Å². The summed E-state index contributed by atoms with van der Waals surface area (Å²) in [5.41, 5.74) is -0.974. The summed E-state index contributed by atoms with van der Waals surface area (Å²) in [6, 6.07) is -0.177. The van der Waals surface area contributed by atoms with E-state index in [1.165, 1.54) is 0 Å². The summed E-state index contributed by atoms with van der Waals surface area (Å²) in [5.74, 6) is 0. The maximum absolute atomic E-state index is 12.0. The number of aliphatic hydroxyl groups excluding tert-OH is 3. The maximum atomic E-state index is 12.0. The average Bonchev–Trinajstić information content (AvgIpc) is 3.72. The number of rotatable bonds is 7. The number of ether oxygens (including phenoxy) is 4. The Balaban J connectivity index is 0.000000349. The topological polar surface area (TPSA) is 157 Å². The second kappa shape index (κ2) is 18.0. The van der Waals surface area contributed by atoms with Crippen LogP contribution in [0.1, 0.15) is 54.9 Å². The van der Waals surface area contributed by atoms with E-state index in [4.69, 9.17) is 24.1 Å². The number of nitrogens with zero attached hydrogens (tertiary/aromatic N) is 3. The number of aliphatic hydroxyl groups is 3. The van der Waals surface area contributed by atoms with Gasteiger partial charge in [-0.1, -0.05) is 6.92 Å². The lowest BCUT2D eigenvalue weighted by molar-refractivity contribution is -0.0147. The number of hydrogen-bond acceptors (Lipinski definition) is 11. The highest BCUT2D eigenvalue weighted by atomic mass is 16.6. The third-order valence-electron chi connectivity index (χ3n) is 6.27. The lowest BCUT2D eigenvalue weighted by Crippen LogP contribution is -2.58. The SMILES string of the molecule is CC(C)(C)OC(=O)N1CCN[C@H](CO)C1.CC[C@@H](O)CN1CCN(C(=O)OC(C)(C)C)C[C@H]1CO.COC[C@@H]1CO1. The van der Waals surface area contributed by atoms with Crippen molar-refractivity contribution in [1.82, 2.24) is 20.0 Å². The molecule has 0 bridgehead atoms. The standard InChI is InChI=1S/C14H28N2O4.C10H20N2O3.C4H8O2/c1-5-12(18)9-15-6-7-16(8-11(15)10-17)13(19)20-14(2,3)4;1-10(2,3)15-9(14)12-5-4-11-8(6-12)7-13;1-5-2-4-3-6-4/h11-12,17-18H,5-10H2,1-4H3;8,11,13H,4-7H2,1-3H3;4H,2-3H2,1H3/t11-,12+;8-;4-/m001/s1. The van der Waals surface area contributed by atoms with Gasteiger partial charge >= 0.3 is 12.2 Å². The molecule has 0 saturated carbocycles. The number of piperazine rings is 2. The van der Waals surface area contributed by atoms with Gasteiger partial charge in [-0.15, -0.1) is 0 Å². The fourth-order valence-electron chi connectivity index (χ4n) is 3.99. The second-order valence-electron chi connectivity index (χ2n) is 12.5. The highest BCUT2D eigenvalue weighted by Crippen LogP contribution is 2.16. The van der Waals surface area contributed by atoms with Crippen molar-refractivity contribution in [2.75, 3.05) is 79.4 Å². The fourth-order valence-corrected chi connectivity index (χ4v) is 3.99. The molecule has 0 unspecified atom stereocenters. The fraction of sp³-hybridized carbons (Fsp3) is 0.929.